The SMILES string of the molecule is CCCCCCCCN(CCCCCCCC)C(=O)OCCN(C)CCN(C)C. The topological polar surface area (TPSA) is 36.0 Å². The number of unbranched alkanes of at least 4 members (excludes halogenated alkanes) is 10. The Morgan fingerprint density at radius 2 is 1.10 bits per heavy atom. The van der Waals surface area contributed by atoms with Crippen LogP contribution in [0.4, 0.5) is 4.79 Å². The quantitative estimate of drug-likeness (QED) is 0.242. The van der Waals surface area contributed by atoms with E-state index in [1.807, 2.05) is 4.90 Å². The van der Waals surface area contributed by atoms with Crippen LogP contribution in [0.25, 0.3) is 0 Å². The van der Waals surface area contributed by atoms with Crippen molar-refractivity contribution in [3.63, 3.8) is 0 Å². The van der Waals surface area contributed by atoms with Crippen molar-refractivity contribution >= 4 is 6.09 Å². The van der Waals surface area contributed by atoms with Gasteiger partial charge in [0, 0.05) is 32.7 Å². The van der Waals surface area contributed by atoms with Gasteiger partial charge in [0.05, 0.1) is 0 Å². The third kappa shape index (κ3) is 18.9. The Morgan fingerprint density at radius 3 is 1.59 bits per heavy atom. The summed E-state index contributed by atoms with van der Waals surface area (Å²) >= 11 is 0. The Bertz CT molecular complexity index is 348. The lowest BCUT2D eigenvalue weighted by molar-refractivity contribution is 0.0914. The van der Waals surface area contributed by atoms with Crippen LogP contribution in [0.5, 0.6) is 0 Å². The van der Waals surface area contributed by atoms with Crippen LogP contribution in [-0.4, -0.2) is 81.3 Å². The standard InChI is InChI=1S/C24H51N3O2/c1-6-8-10-12-14-16-18-27(19-17-15-13-11-9-7-2)24(28)29-23-22-26(5)21-20-25(3)4/h6-23H2,1-5H3. The first-order valence-corrected chi connectivity index (χ1v) is 12.3. The van der Waals surface area contributed by atoms with Gasteiger partial charge in [0.2, 0.25) is 0 Å². The summed E-state index contributed by atoms with van der Waals surface area (Å²) in [4.78, 5) is 19.0. The summed E-state index contributed by atoms with van der Waals surface area (Å²) < 4.78 is 5.60. The van der Waals surface area contributed by atoms with Crippen LogP contribution in [-0.2, 0) is 4.74 Å². The van der Waals surface area contributed by atoms with Crippen LogP contribution in [0.3, 0.4) is 0 Å². The molecule has 0 atom stereocenters. The van der Waals surface area contributed by atoms with Crippen LogP contribution in [0.1, 0.15) is 90.9 Å². The minimum absolute atomic E-state index is 0.117. The summed E-state index contributed by atoms with van der Waals surface area (Å²) in [5.74, 6) is 0. The van der Waals surface area contributed by atoms with Crippen LogP contribution in [0.15, 0.2) is 0 Å². The summed E-state index contributed by atoms with van der Waals surface area (Å²) in [6, 6.07) is 0. The van der Waals surface area contributed by atoms with Gasteiger partial charge in [0.1, 0.15) is 6.61 Å². The number of hydrogen-bond donors (Lipinski definition) is 0. The molecule has 0 aromatic carbocycles. The molecule has 0 aliphatic heterocycles. The van der Waals surface area contributed by atoms with Gasteiger partial charge in [-0.05, 0) is 34.0 Å². The summed E-state index contributed by atoms with van der Waals surface area (Å²) in [7, 11) is 6.24. The van der Waals surface area contributed by atoms with Gasteiger partial charge in [0.15, 0.2) is 0 Å². The van der Waals surface area contributed by atoms with E-state index in [4.69, 9.17) is 4.74 Å². The Hall–Kier alpha value is -0.810. The largest absolute Gasteiger partial charge is 0.448 e. The number of likely N-dealkylation sites (N-methyl/N-ethyl adjacent to an activating group) is 2. The average molecular weight is 414 g/mol. The molecule has 0 rings (SSSR count). The lowest BCUT2D eigenvalue weighted by Gasteiger charge is -2.24. The molecule has 0 N–H and O–H groups in total. The maximum atomic E-state index is 12.6. The number of hydrogen-bond acceptors (Lipinski definition) is 4. The van der Waals surface area contributed by atoms with E-state index in [0.29, 0.717) is 6.61 Å². The van der Waals surface area contributed by atoms with E-state index in [0.717, 1.165) is 45.6 Å². The van der Waals surface area contributed by atoms with E-state index in [2.05, 4.69) is 44.8 Å². The Labute approximate surface area is 182 Å². The summed E-state index contributed by atoms with van der Waals surface area (Å²) in [6.07, 6.45) is 14.9. The van der Waals surface area contributed by atoms with Crippen molar-refractivity contribution in [1.82, 2.24) is 14.7 Å². The second-order valence-corrected chi connectivity index (χ2v) is 8.74. The van der Waals surface area contributed by atoms with Crippen molar-refractivity contribution in [2.45, 2.75) is 90.9 Å². The maximum absolute atomic E-state index is 12.6. The monoisotopic (exact) mass is 413 g/mol. The molecule has 0 saturated heterocycles. The van der Waals surface area contributed by atoms with Gasteiger partial charge in [0.25, 0.3) is 0 Å². The number of nitrogens with zero attached hydrogens (tertiary/aromatic N) is 3. The lowest BCUT2D eigenvalue weighted by atomic mass is 10.1. The van der Waals surface area contributed by atoms with Crippen molar-refractivity contribution in [2.75, 3.05) is 60.5 Å². The zero-order chi connectivity index (χ0) is 21.7. The van der Waals surface area contributed by atoms with Crippen molar-refractivity contribution in [3.8, 4) is 0 Å². The van der Waals surface area contributed by atoms with Crippen molar-refractivity contribution < 1.29 is 9.53 Å². The number of carbonyl (C=O) groups excluding carboxylic acids is 1. The van der Waals surface area contributed by atoms with Gasteiger partial charge in [-0.3, -0.25) is 0 Å². The van der Waals surface area contributed by atoms with E-state index in [9.17, 15) is 4.79 Å². The molecule has 174 valence electrons. The van der Waals surface area contributed by atoms with Gasteiger partial charge in [-0.1, -0.05) is 78.1 Å². The van der Waals surface area contributed by atoms with Gasteiger partial charge in [-0.2, -0.15) is 0 Å². The van der Waals surface area contributed by atoms with Gasteiger partial charge in [-0.25, -0.2) is 4.79 Å². The predicted molar refractivity (Wildman–Crippen MR) is 126 cm³/mol. The molecule has 0 aromatic heterocycles. The van der Waals surface area contributed by atoms with Gasteiger partial charge >= 0.3 is 6.09 Å². The summed E-state index contributed by atoms with van der Waals surface area (Å²) in [5, 5.41) is 0. The number of ether oxygens (including phenoxy) is 1. The first-order chi connectivity index (χ1) is 14.0. The highest BCUT2D eigenvalue weighted by Gasteiger charge is 2.14. The number of carbonyl (C=O) groups is 1. The fourth-order valence-corrected chi connectivity index (χ4v) is 3.32. The predicted octanol–water partition coefficient (Wildman–Crippen LogP) is 5.64. The van der Waals surface area contributed by atoms with Crippen molar-refractivity contribution in [3.05, 3.63) is 0 Å². The molecule has 0 saturated carbocycles. The van der Waals surface area contributed by atoms with Crippen LogP contribution in [0.2, 0.25) is 0 Å². The van der Waals surface area contributed by atoms with Crippen molar-refractivity contribution in [2.24, 2.45) is 0 Å². The molecule has 0 heterocycles. The summed E-state index contributed by atoms with van der Waals surface area (Å²) in [5.41, 5.74) is 0. The van der Waals surface area contributed by atoms with E-state index >= 15 is 0 Å². The minimum atomic E-state index is -0.117. The second kappa shape index (κ2) is 20.5. The maximum Gasteiger partial charge on any atom is 0.409 e. The first-order valence-electron chi connectivity index (χ1n) is 12.3. The smallest absolute Gasteiger partial charge is 0.409 e. The molecule has 5 heteroatoms. The molecule has 0 aromatic rings. The molecule has 0 aliphatic rings. The highest BCUT2D eigenvalue weighted by Crippen LogP contribution is 2.10. The van der Waals surface area contributed by atoms with Crippen molar-refractivity contribution in [1.29, 1.82) is 0 Å². The highest BCUT2D eigenvalue weighted by molar-refractivity contribution is 5.67. The lowest BCUT2D eigenvalue weighted by Crippen LogP contribution is -2.36. The van der Waals surface area contributed by atoms with E-state index in [1.54, 1.807) is 0 Å². The molecular weight excluding hydrogens is 362 g/mol. The van der Waals surface area contributed by atoms with E-state index in [1.165, 1.54) is 64.2 Å². The van der Waals surface area contributed by atoms with Crippen LogP contribution in [0, 0.1) is 0 Å². The minimum Gasteiger partial charge on any atom is -0.448 e. The zero-order valence-corrected chi connectivity index (χ0v) is 20.4. The van der Waals surface area contributed by atoms with Crippen LogP contribution < -0.4 is 0 Å². The molecule has 0 bridgehead atoms. The Kier molecular flexibility index (Phi) is 19.9. The van der Waals surface area contributed by atoms with Crippen LogP contribution >= 0.6 is 0 Å². The third-order valence-electron chi connectivity index (χ3n) is 5.45. The molecule has 29 heavy (non-hydrogen) atoms. The highest BCUT2D eigenvalue weighted by atomic mass is 16.6. The van der Waals surface area contributed by atoms with E-state index in [-0.39, 0.29) is 6.09 Å². The van der Waals surface area contributed by atoms with Gasteiger partial charge in [-0.15, -0.1) is 0 Å². The summed E-state index contributed by atoms with van der Waals surface area (Å²) in [6.45, 7) is 9.46. The normalized spacial score (nSPS) is 11.4. The molecule has 0 unspecified atom stereocenters. The zero-order valence-electron chi connectivity index (χ0n) is 20.4. The van der Waals surface area contributed by atoms with Gasteiger partial charge < -0.3 is 19.4 Å². The number of amides is 1. The molecule has 0 radical (unpaired) electrons. The fraction of sp³-hybridized carbons (Fsp3) is 0.958. The fourth-order valence-electron chi connectivity index (χ4n) is 3.32. The Morgan fingerprint density at radius 1 is 0.621 bits per heavy atom. The molecule has 5 nitrogen and oxygen atoms in total. The Balaban J connectivity index is 4.18. The molecule has 0 fully saturated rings. The average Bonchev–Trinajstić information content (AvgIpc) is 2.69. The molecule has 0 aliphatic carbocycles. The third-order valence-corrected chi connectivity index (χ3v) is 5.45. The van der Waals surface area contributed by atoms with E-state index < -0.39 is 0 Å². The molecular formula is C24H51N3O2. The number of rotatable bonds is 20. The molecule has 0 spiro atoms. The molecule has 1 amide bonds. The second-order valence-electron chi connectivity index (χ2n) is 8.74. The first kappa shape index (κ1) is 28.2.